The van der Waals surface area contributed by atoms with Gasteiger partial charge in [-0.2, -0.15) is 0 Å². The first-order chi connectivity index (χ1) is 8.61. The Morgan fingerprint density at radius 1 is 1.17 bits per heavy atom. The Kier molecular flexibility index (Phi) is 3.22. The number of benzene rings is 1. The molecule has 4 N–H and O–H groups in total. The molecule has 0 amide bonds. The molecular weight excluding hydrogens is 240 g/mol. The van der Waals surface area contributed by atoms with Crippen LogP contribution in [0.3, 0.4) is 0 Å². The van der Waals surface area contributed by atoms with E-state index in [1.165, 1.54) is 6.33 Å². The summed E-state index contributed by atoms with van der Waals surface area (Å²) in [4.78, 5) is 7.76. The summed E-state index contributed by atoms with van der Waals surface area (Å²) < 4.78 is 26.5. The van der Waals surface area contributed by atoms with E-state index < -0.39 is 11.6 Å². The Morgan fingerprint density at radius 3 is 2.61 bits per heavy atom. The monoisotopic (exact) mass is 251 g/mol. The summed E-state index contributed by atoms with van der Waals surface area (Å²) in [6, 6.07) is 3.08. The van der Waals surface area contributed by atoms with E-state index in [1.54, 1.807) is 7.05 Å². The summed E-state index contributed by atoms with van der Waals surface area (Å²) >= 11 is 0. The van der Waals surface area contributed by atoms with E-state index >= 15 is 0 Å². The van der Waals surface area contributed by atoms with Crippen molar-refractivity contribution in [2.24, 2.45) is 0 Å². The van der Waals surface area contributed by atoms with Crippen LogP contribution in [0.2, 0.25) is 0 Å². The predicted octanol–water partition coefficient (Wildman–Crippen LogP) is 2.12. The van der Waals surface area contributed by atoms with Gasteiger partial charge in [-0.05, 0) is 12.1 Å². The highest BCUT2D eigenvalue weighted by atomic mass is 19.1. The molecule has 0 aliphatic rings. The minimum absolute atomic E-state index is 0.0394. The molecule has 0 aliphatic carbocycles. The second kappa shape index (κ2) is 4.82. The highest BCUT2D eigenvalue weighted by Crippen LogP contribution is 2.26. The second-order valence-electron chi connectivity index (χ2n) is 3.48. The van der Waals surface area contributed by atoms with Gasteiger partial charge in [-0.3, -0.25) is 0 Å². The van der Waals surface area contributed by atoms with E-state index in [2.05, 4.69) is 20.6 Å². The molecule has 0 unspecified atom stereocenters. The molecule has 0 bridgehead atoms. The maximum atomic E-state index is 13.4. The Balaban J connectivity index is 2.37. The number of halogens is 2. The first-order valence-electron chi connectivity index (χ1n) is 5.12. The maximum Gasteiger partial charge on any atom is 0.159 e. The number of nitrogens with two attached hydrogens (primary N) is 1. The summed E-state index contributed by atoms with van der Waals surface area (Å²) in [5.74, 6) is -0.538. The zero-order valence-electron chi connectivity index (χ0n) is 9.54. The second-order valence-corrected chi connectivity index (χ2v) is 3.48. The number of rotatable bonds is 3. The van der Waals surface area contributed by atoms with Crippen LogP contribution in [0.5, 0.6) is 0 Å². The molecule has 0 spiro atoms. The van der Waals surface area contributed by atoms with Crippen molar-refractivity contribution in [3.05, 3.63) is 36.2 Å². The lowest BCUT2D eigenvalue weighted by Gasteiger charge is -2.11. The fourth-order valence-corrected chi connectivity index (χ4v) is 1.42. The number of nitrogens with one attached hydrogen (secondary N) is 2. The molecule has 0 fully saturated rings. The van der Waals surface area contributed by atoms with Gasteiger partial charge in [0.2, 0.25) is 0 Å². The lowest BCUT2D eigenvalue weighted by molar-refractivity contribution is 0.603. The number of hydrogen-bond acceptors (Lipinski definition) is 5. The van der Waals surface area contributed by atoms with Crippen LogP contribution < -0.4 is 16.4 Å². The van der Waals surface area contributed by atoms with Gasteiger partial charge in [0.25, 0.3) is 0 Å². The zero-order chi connectivity index (χ0) is 13.1. The Morgan fingerprint density at radius 2 is 1.89 bits per heavy atom. The van der Waals surface area contributed by atoms with Crippen LogP contribution in [-0.2, 0) is 0 Å². The van der Waals surface area contributed by atoms with Crippen molar-refractivity contribution in [3.63, 3.8) is 0 Å². The summed E-state index contributed by atoms with van der Waals surface area (Å²) in [5, 5.41) is 5.39. The molecule has 94 valence electrons. The van der Waals surface area contributed by atoms with Crippen molar-refractivity contribution in [2.75, 3.05) is 23.4 Å². The minimum Gasteiger partial charge on any atom is -0.393 e. The summed E-state index contributed by atoms with van der Waals surface area (Å²) in [5.41, 5.74) is 5.95. The molecule has 1 aromatic carbocycles. The van der Waals surface area contributed by atoms with Gasteiger partial charge in [-0.25, -0.2) is 18.7 Å². The van der Waals surface area contributed by atoms with E-state index in [-0.39, 0.29) is 17.2 Å². The van der Waals surface area contributed by atoms with Crippen LogP contribution in [0.4, 0.5) is 31.8 Å². The van der Waals surface area contributed by atoms with Crippen LogP contribution in [0.25, 0.3) is 0 Å². The Labute approximate surface area is 102 Å². The molecule has 1 aromatic heterocycles. The predicted molar refractivity (Wildman–Crippen MR) is 65.6 cm³/mol. The van der Waals surface area contributed by atoms with E-state index in [9.17, 15) is 8.78 Å². The molecule has 0 saturated carbocycles. The zero-order valence-corrected chi connectivity index (χ0v) is 9.54. The number of anilines is 4. The van der Waals surface area contributed by atoms with Gasteiger partial charge in [-0.1, -0.05) is 0 Å². The van der Waals surface area contributed by atoms with Crippen molar-refractivity contribution < 1.29 is 8.78 Å². The van der Waals surface area contributed by atoms with Gasteiger partial charge < -0.3 is 16.4 Å². The molecule has 18 heavy (non-hydrogen) atoms. The quantitative estimate of drug-likeness (QED) is 0.779. The minimum atomic E-state index is -0.597. The Bertz CT molecular complexity index is 573. The summed E-state index contributed by atoms with van der Waals surface area (Å²) in [6.45, 7) is 0. The van der Waals surface area contributed by atoms with Crippen molar-refractivity contribution in [1.82, 2.24) is 9.97 Å². The molecule has 0 aliphatic heterocycles. The first kappa shape index (κ1) is 12.0. The van der Waals surface area contributed by atoms with E-state index in [4.69, 9.17) is 5.73 Å². The average Bonchev–Trinajstić information content (AvgIpc) is 2.36. The van der Waals surface area contributed by atoms with Gasteiger partial charge >= 0.3 is 0 Å². The lowest BCUT2D eigenvalue weighted by atomic mass is 10.3. The fraction of sp³-hybridized carbons (Fsp3) is 0.0909. The molecule has 2 aromatic rings. The highest BCUT2D eigenvalue weighted by molar-refractivity contribution is 5.77. The Hall–Kier alpha value is -2.44. The smallest absolute Gasteiger partial charge is 0.159 e. The molecule has 5 nitrogen and oxygen atoms in total. The molecule has 7 heteroatoms. The number of aromatic nitrogens is 2. The van der Waals surface area contributed by atoms with Crippen LogP contribution in [0, 0.1) is 11.6 Å². The van der Waals surface area contributed by atoms with Crippen molar-refractivity contribution in [3.8, 4) is 0 Å². The van der Waals surface area contributed by atoms with Gasteiger partial charge in [0.05, 0.1) is 5.69 Å². The SMILES string of the molecule is CNc1ncnc(Nc2cc(F)ccc2F)c1N. The number of nitrogens with zero attached hydrogens (tertiary/aromatic N) is 2. The topological polar surface area (TPSA) is 75.9 Å². The van der Waals surface area contributed by atoms with E-state index in [0.29, 0.717) is 5.82 Å². The van der Waals surface area contributed by atoms with Crippen molar-refractivity contribution >= 4 is 23.0 Å². The molecule has 0 atom stereocenters. The van der Waals surface area contributed by atoms with Gasteiger partial charge in [0.1, 0.15) is 23.6 Å². The molecular formula is C11H11F2N5. The molecule has 1 heterocycles. The lowest BCUT2D eigenvalue weighted by Crippen LogP contribution is -2.05. The standard InChI is InChI=1S/C11H11F2N5/c1-15-10-9(14)11(17-5-16-10)18-8-4-6(12)2-3-7(8)13/h2-5H,14H2,1H3,(H2,15,16,17,18). The maximum absolute atomic E-state index is 13.4. The highest BCUT2D eigenvalue weighted by Gasteiger charge is 2.10. The van der Waals surface area contributed by atoms with Crippen LogP contribution >= 0.6 is 0 Å². The first-order valence-corrected chi connectivity index (χ1v) is 5.12. The van der Waals surface area contributed by atoms with Gasteiger partial charge in [0.15, 0.2) is 11.6 Å². The molecule has 2 rings (SSSR count). The van der Waals surface area contributed by atoms with Gasteiger partial charge in [0, 0.05) is 13.1 Å². The van der Waals surface area contributed by atoms with E-state index in [1.807, 2.05) is 0 Å². The number of nitrogen functional groups attached to an aromatic ring is 1. The van der Waals surface area contributed by atoms with Crippen molar-refractivity contribution in [2.45, 2.75) is 0 Å². The van der Waals surface area contributed by atoms with E-state index in [0.717, 1.165) is 18.2 Å². The third kappa shape index (κ3) is 2.29. The third-order valence-electron chi connectivity index (χ3n) is 2.30. The molecule has 0 saturated heterocycles. The largest absolute Gasteiger partial charge is 0.393 e. The fourth-order valence-electron chi connectivity index (χ4n) is 1.42. The van der Waals surface area contributed by atoms with Crippen LogP contribution in [0.1, 0.15) is 0 Å². The van der Waals surface area contributed by atoms with Gasteiger partial charge in [-0.15, -0.1) is 0 Å². The van der Waals surface area contributed by atoms with Crippen molar-refractivity contribution in [1.29, 1.82) is 0 Å². The van der Waals surface area contributed by atoms with Crippen LogP contribution in [0.15, 0.2) is 24.5 Å². The average molecular weight is 251 g/mol. The third-order valence-corrected chi connectivity index (χ3v) is 2.30. The summed E-state index contributed by atoms with van der Waals surface area (Å²) in [7, 11) is 1.64. The summed E-state index contributed by atoms with van der Waals surface area (Å²) in [6.07, 6.45) is 1.27. The molecule has 0 radical (unpaired) electrons. The van der Waals surface area contributed by atoms with Crippen LogP contribution in [-0.4, -0.2) is 17.0 Å². The normalized spacial score (nSPS) is 10.2. The number of hydrogen-bond donors (Lipinski definition) is 3.